The van der Waals surface area contributed by atoms with E-state index >= 15 is 0 Å². The molecule has 0 rings (SSSR count). The van der Waals surface area contributed by atoms with Crippen LogP contribution in [0.1, 0.15) is 26.7 Å². The van der Waals surface area contributed by atoms with E-state index in [1.807, 2.05) is 19.1 Å². The maximum Gasteiger partial charge on any atom is 0.151 e. The summed E-state index contributed by atoms with van der Waals surface area (Å²) >= 11 is 0. The third-order valence-electron chi connectivity index (χ3n) is 1.40. The van der Waals surface area contributed by atoms with Crippen molar-refractivity contribution in [1.82, 2.24) is 0 Å². The lowest BCUT2D eigenvalue weighted by atomic mass is 10.1. The second-order valence-electron chi connectivity index (χ2n) is 2.73. The van der Waals surface area contributed by atoms with E-state index in [0.717, 1.165) is 18.4 Å². The number of aliphatic hydroxyl groups excluding tert-OH is 1. The first-order valence-corrected chi connectivity index (χ1v) is 4.27. The molecule has 0 spiro atoms. The number of aliphatic hydroxyl groups is 1. The lowest BCUT2D eigenvalue weighted by molar-refractivity contribution is -0.0854. The molecule has 0 saturated heterocycles. The van der Waals surface area contributed by atoms with Crippen molar-refractivity contribution in [2.75, 3.05) is 6.61 Å². The molecule has 0 aliphatic carbocycles. The van der Waals surface area contributed by atoms with Gasteiger partial charge in [0.2, 0.25) is 0 Å². The summed E-state index contributed by atoms with van der Waals surface area (Å²) in [6.45, 7) is 8.03. The van der Waals surface area contributed by atoms with E-state index in [4.69, 9.17) is 9.84 Å². The maximum atomic E-state index is 8.76. The van der Waals surface area contributed by atoms with Gasteiger partial charge in [0.05, 0.1) is 6.61 Å². The summed E-state index contributed by atoms with van der Waals surface area (Å²) in [5.74, 6) is 0. The number of ether oxygens (including phenoxy) is 1. The number of hydrogen-bond acceptors (Lipinski definition) is 2. The molecule has 2 nitrogen and oxygen atoms in total. The van der Waals surface area contributed by atoms with Crippen molar-refractivity contribution in [2.24, 2.45) is 0 Å². The minimum absolute atomic E-state index is 0.592. The Labute approximate surface area is 74.6 Å². The first-order chi connectivity index (χ1) is 5.66. The predicted octanol–water partition coefficient (Wildman–Crippen LogP) is 2.25. The Kier molecular flexibility index (Phi) is 6.72. The summed E-state index contributed by atoms with van der Waals surface area (Å²) < 4.78 is 4.96. The molecule has 0 aromatic carbocycles. The zero-order valence-corrected chi connectivity index (χ0v) is 7.92. The molecular weight excluding hydrogens is 152 g/mol. The summed E-state index contributed by atoms with van der Waals surface area (Å²) in [6, 6.07) is 0. The largest absolute Gasteiger partial charge is 0.368 e. The molecule has 1 N–H and O–H groups in total. The van der Waals surface area contributed by atoms with Gasteiger partial charge < -0.3 is 9.84 Å². The van der Waals surface area contributed by atoms with E-state index in [0.29, 0.717) is 6.61 Å². The van der Waals surface area contributed by atoms with Crippen LogP contribution in [0.4, 0.5) is 0 Å². The van der Waals surface area contributed by atoms with E-state index in [9.17, 15) is 0 Å². The molecular formula is C10H18O2. The van der Waals surface area contributed by atoms with Crippen LogP contribution in [0, 0.1) is 0 Å². The standard InChI is InChI=1S/C10H18O2/c1-4-6-9(2)7-5-8-12-10(3)11/h4,6,10-11H,2,5,7-8H2,1,3H3. The van der Waals surface area contributed by atoms with Gasteiger partial charge in [-0.2, -0.15) is 0 Å². The number of rotatable bonds is 6. The van der Waals surface area contributed by atoms with Crippen molar-refractivity contribution in [2.45, 2.75) is 33.0 Å². The maximum absolute atomic E-state index is 8.76. The molecule has 1 unspecified atom stereocenters. The van der Waals surface area contributed by atoms with E-state index in [1.165, 1.54) is 0 Å². The average molecular weight is 170 g/mol. The Morgan fingerprint density at radius 1 is 1.67 bits per heavy atom. The van der Waals surface area contributed by atoms with Gasteiger partial charge in [0, 0.05) is 0 Å². The van der Waals surface area contributed by atoms with Crippen molar-refractivity contribution >= 4 is 0 Å². The van der Waals surface area contributed by atoms with Crippen LogP contribution in [0.5, 0.6) is 0 Å². The zero-order chi connectivity index (χ0) is 9.40. The SMILES string of the molecule is C=C(C=CC)CCCOC(C)O. The molecule has 70 valence electrons. The third-order valence-corrected chi connectivity index (χ3v) is 1.40. The zero-order valence-electron chi connectivity index (χ0n) is 7.92. The predicted molar refractivity (Wildman–Crippen MR) is 50.8 cm³/mol. The number of hydrogen-bond donors (Lipinski definition) is 1. The highest BCUT2D eigenvalue weighted by Crippen LogP contribution is 2.04. The molecule has 0 aliphatic heterocycles. The second-order valence-corrected chi connectivity index (χ2v) is 2.73. The van der Waals surface area contributed by atoms with Crippen molar-refractivity contribution in [3.8, 4) is 0 Å². The summed E-state index contributed by atoms with van der Waals surface area (Å²) in [5, 5.41) is 8.76. The van der Waals surface area contributed by atoms with E-state index in [2.05, 4.69) is 6.58 Å². The van der Waals surface area contributed by atoms with Crippen molar-refractivity contribution in [3.63, 3.8) is 0 Å². The van der Waals surface area contributed by atoms with Gasteiger partial charge in [0.1, 0.15) is 0 Å². The first-order valence-electron chi connectivity index (χ1n) is 4.27. The molecule has 0 aliphatic rings. The fourth-order valence-electron chi connectivity index (χ4n) is 0.872. The molecule has 0 heterocycles. The Morgan fingerprint density at radius 2 is 2.33 bits per heavy atom. The van der Waals surface area contributed by atoms with Crippen LogP contribution in [0.3, 0.4) is 0 Å². The monoisotopic (exact) mass is 170 g/mol. The summed E-state index contributed by atoms with van der Waals surface area (Å²) in [7, 11) is 0. The van der Waals surface area contributed by atoms with Gasteiger partial charge in [-0.25, -0.2) is 0 Å². The van der Waals surface area contributed by atoms with Gasteiger partial charge in [-0.1, -0.05) is 24.3 Å². The molecule has 0 saturated carbocycles. The molecule has 0 aromatic rings. The Morgan fingerprint density at radius 3 is 2.83 bits per heavy atom. The van der Waals surface area contributed by atoms with Crippen LogP contribution in [0.2, 0.25) is 0 Å². The Bertz CT molecular complexity index is 148. The lowest BCUT2D eigenvalue weighted by Crippen LogP contribution is -2.07. The molecule has 0 bridgehead atoms. The summed E-state index contributed by atoms with van der Waals surface area (Å²) in [6.07, 6.45) is 5.14. The van der Waals surface area contributed by atoms with Gasteiger partial charge in [0.15, 0.2) is 6.29 Å². The molecule has 12 heavy (non-hydrogen) atoms. The molecule has 1 atom stereocenters. The van der Waals surface area contributed by atoms with Crippen molar-refractivity contribution in [3.05, 3.63) is 24.3 Å². The van der Waals surface area contributed by atoms with Gasteiger partial charge in [-0.15, -0.1) is 0 Å². The van der Waals surface area contributed by atoms with Gasteiger partial charge in [-0.3, -0.25) is 0 Å². The van der Waals surface area contributed by atoms with Gasteiger partial charge in [0.25, 0.3) is 0 Å². The van der Waals surface area contributed by atoms with Crippen molar-refractivity contribution in [1.29, 1.82) is 0 Å². The fourth-order valence-corrected chi connectivity index (χ4v) is 0.872. The minimum Gasteiger partial charge on any atom is -0.368 e. The molecule has 0 aromatic heterocycles. The molecule has 0 amide bonds. The van der Waals surface area contributed by atoms with E-state index < -0.39 is 6.29 Å². The first kappa shape index (κ1) is 11.4. The highest BCUT2D eigenvalue weighted by molar-refractivity contribution is 5.12. The molecule has 2 heteroatoms. The van der Waals surface area contributed by atoms with Crippen LogP contribution in [0.15, 0.2) is 24.3 Å². The fraction of sp³-hybridized carbons (Fsp3) is 0.600. The minimum atomic E-state index is -0.653. The highest BCUT2D eigenvalue weighted by atomic mass is 16.6. The molecule has 0 radical (unpaired) electrons. The smallest absolute Gasteiger partial charge is 0.151 e. The second kappa shape index (κ2) is 7.07. The normalized spacial score (nSPS) is 13.6. The molecule has 0 fully saturated rings. The van der Waals surface area contributed by atoms with Crippen LogP contribution < -0.4 is 0 Å². The topological polar surface area (TPSA) is 29.5 Å². The van der Waals surface area contributed by atoms with Crippen LogP contribution in [-0.4, -0.2) is 18.0 Å². The quantitative estimate of drug-likeness (QED) is 0.376. The van der Waals surface area contributed by atoms with E-state index in [-0.39, 0.29) is 0 Å². The van der Waals surface area contributed by atoms with Gasteiger partial charge >= 0.3 is 0 Å². The number of allylic oxidation sites excluding steroid dienone is 3. The Hall–Kier alpha value is -0.600. The average Bonchev–Trinajstić information content (AvgIpc) is 1.98. The lowest BCUT2D eigenvalue weighted by Gasteiger charge is -2.05. The van der Waals surface area contributed by atoms with Crippen LogP contribution in [-0.2, 0) is 4.74 Å². The summed E-state index contributed by atoms with van der Waals surface area (Å²) in [4.78, 5) is 0. The van der Waals surface area contributed by atoms with Crippen LogP contribution >= 0.6 is 0 Å². The highest BCUT2D eigenvalue weighted by Gasteiger charge is 1.94. The van der Waals surface area contributed by atoms with E-state index in [1.54, 1.807) is 6.92 Å². The Balaban J connectivity index is 3.25. The third kappa shape index (κ3) is 7.51. The van der Waals surface area contributed by atoms with Gasteiger partial charge in [-0.05, 0) is 26.7 Å². The van der Waals surface area contributed by atoms with Crippen molar-refractivity contribution < 1.29 is 9.84 Å². The van der Waals surface area contributed by atoms with Crippen LogP contribution in [0.25, 0.3) is 0 Å². The summed E-state index contributed by atoms with van der Waals surface area (Å²) in [5.41, 5.74) is 1.10.